The van der Waals surface area contributed by atoms with Gasteiger partial charge in [0.25, 0.3) is 0 Å². The number of nitriles is 1. The van der Waals surface area contributed by atoms with E-state index < -0.39 is 0 Å². The fourth-order valence-corrected chi connectivity index (χ4v) is 3.79. The van der Waals surface area contributed by atoms with E-state index in [0.29, 0.717) is 12.2 Å². The Morgan fingerprint density at radius 3 is 2.85 bits per heavy atom. The van der Waals surface area contributed by atoms with Gasteiger partial charge in [-0.3, -0.25) is 4.79 Å². The minimum atomic E-state index is -0.140. The van der Waals surface area contributed by atoms with E-state index in [1.165, 1.54) is 0 Å². The zero-order valence-electron chi connectivity index (χ0n) is 15.1. The zero-order chi connectivity index (χ0) is 18.6. The molecule has 27 heavy (non-hydrogen) atoms. The average Bonchev–Trinajstić information content (AvgIpc) is 2.74. The summed E-state index contributed by atoms with van der Waals surface area (Å²) in [6.45, 7) is 1.99. The number of fused-ring (bicyclic) bond motifs is 1. The Balaban J connectivity index is 1.32. The molecule has 1 saturated heterocycles. The Hall–Kier alpha value is -3.07. The number of carbonyl (C=O) groups is 1. The Kier molecular flexibility index (Phi) is 4.93. The topological polar surface area (TPSA) is 78.3 Å². The molecular formula is C21H22N4O2. The van der Waals surface area contributed by atoms with Gasteiger partial charge >= 0.3 is 0 Å². The largest absolute Gasteiger partial charge is 0.492 e. The molecule has 0 unspecified atom stereocenters. The van der Waals surface area contributed by atoms with Gasteiger partial charge in [-0.15, -0.1) is 0 Å². The molecule has 0 radical (unpaired) electrons. The van der Waals surface area contributed by atoms with Crippen molar-refractivity contribution in [2.75, 3.05) is 24.6 Å². The van der Waals surface area contributed by atoms with Crippen molar-refractivity contribution in [3.05, 3.63) is 53.7 Å². The molecule has 0 saturated carbocycles. The van der Waals surface area contributed by atoms with Gasteiger partial charge in [0, 0.05) is 25.3 Å². The average molecular weight is 362 g/mol. The molecule has 2 aliphatic heterocycles. The molecule has 2 aromatic rings. The minimum Gasteiger partial charge on any atom is -0.492 e. The van der Waals surface area contributed by atoms with Crippen LogP contribution in [0.1, 0.15) is 24.0 Å². The van der Waals surface area contributed by atoms with Gasteiger partial charge in [-0.25, -0.2) is 4.98 Å². The van der Waals surface area contributed by atoms with Crippen molar-refractivity contribution < 1.29 is 9.53 Å². The van der Waals surface area contributed by atoms with Crippen LogP contribution in [0.15, 0.2) is 42.6 Å². The van der Waals surface area contributed by atoms with Crippen LogP contribution in [0.4, 0.5) is 5.82 Å². The zero-order valence-corrected chi connectivity index (χ0v) is 15.1. The number of anilines is 1. The number of piperidine rings is 1. The lowest BCUT2D eigenvalue weighted by molar-refractivity contribution is -0.127. The first-order chi connectivity index (χ1) is 13.2. The van der Waals surface area contributed by atoms with Gasteiger partial charge in [-0.1, -0.05) is 18.2 Å². The Labute approximate surface area is 158 Å². The highest BCUT2D eigenvalue weighted by molar-refractivity contribution is 5.80. The summed E-state index contributed by atoms with van der Waals surface area (Å²) < 4.78 is 5.74. The molecule has 1 fully saturated rings. The number of nitrogens with one attached hydrogen (secondary N) is 1. The molecular weight excluding hydrogens is 340 g/mol. The molecule has 3 heterocycles. The van der Waals surface area contributed by atoms with Crippen LogP contribution in [0, 0.1) is 17.2 Å². The van der Waals surface area contributed by atoms with Crippen molar-refractivity contribution in [3.63, 3.8) is 0 Å². The summed E-state index contributed by atoms with van der Waals surface area (Å²) in [7, 11) is 0. The summed E-state index contributed by atoms with van der Waals surface area (Å²) in [5.74, 6) is 1.55. The Bertz CT molecular complexity index is 868. The number of ether oxygens (including phenoxy) is 1. The fourth-order valence-electron chi connectivity index (χ4n) is 3.79. The number of rotatable bonds is 3. The van der Waals surface area contributed by atoms with Gasteiger partial charge in [0.2, 0.25) is 5.91 Å². The molecule has 1 amide bonds. The van der Waals surface area contributed by atoms with Crippen molar-refractivity contribution in [1.29, 1.82) is 5.26 Å². The van der Waals surface area contributed by atoms with Gasteiger partial charge in [-0.2, -0.15) is 5.26 Å². The smallest absolute Gasteiger partial charge is 0.227 e. The van der Waals surface area contributed by atoms with Gasteiger partial charge in [0.05, 0.1) is 11.5 Å². The summed E-state index contributed by atoms with van der Waals surface area (Å²) in [6, 6.07) is 13.8. The van der Waals surface area contributed by atoms with Crippen LogP contribution in [0.25, 0.3) is 0 Å². The SMILES string of the molecule is N#Cc1cccnc1N1CCC(NC(=O)[C@@H]2COc3ccccc3C2)CC1. The Morgan fingerprint density at radius 1 is 1.22 bits per heavy atom. The van der Waals surface area contributed by atoms with Crippen molar-refractivity contribution in [3.8, 4) is 11.8 Å². The first-order valence-electron chi connectivity index (χ1n) is 9.35. The molecule has 2 aliphatic rings. The molecule has 1 aromatic heterocycles. The quantitative estimate of drug-likeness (QED) is 0.906. The van der Waals surface area contributed by atoms with Gasteiger partial charge in [-0.05, 0) is 43.0 Å². The first-order valence-corrected chi connectivity index (χ1v) is 9.35. The monoisotopic (exact) mass is 362 g/mol. The first kappa shape index (κ1) is 17.3. The second kappa shape index (κ2) is 7.67. The highest BCUT2D eigenvalue weighted by Crippen LogP contribution is 2.27. The molecule has 6 nitrogen and oxygen atoms in total. The lowest BCUT2D eigenvalue weighted by Crippen LogP contribution is -2.48. The van der Waals surface area contributed by atoms with Crippen LogP contribution >= 0.6 is 0 Å². The second-order valence-corrected chi connectivity index (χ2v) is 7.08. The van der Waals surface area contributed by atoms with Crippen molar-refractivity contribution in [1.82, 2.24) is 10.3 Å². The molecule has 4 rings (SSSR count). The van der Waals surface area contributed by atoms with Crippen molar-refractivity contribution in [2.45, 2.75) is 25.3 Å². The third-order valence-electron chi connectivity index (χ3n) is 5.30. The molecule has 0 bridgehead atoms. The van der Waals surface area contributed by atoms with E-state index in [4.69, 9.17) is 4.74 Å². The van der Waals surface area contributed by atoms with Crippen LogP contribution < -0.4 is 15.0 Å². The maximum atomic E-state index is 12.7. The van der Waals surface area contributed by atoms with E-state index in [-0.39, 0.29) is 17.9 Å². The van der Waals surface area contributed by atoms with Crippen LogP contribution in [0.5, 0.6) is 5.75 Å². The van der Waals surface area contributed by atoms with Crippen LogP contribution in [-0.2, 0) is 11.2 Å². The molecule has 138 valence electrons. The maximum Gasteiger partial charge on any atom is 0.227 e. The number of pyridine rings is 1. The summed E-state index contributed by atoms with van der Waals surface area (Å²) in [5.41, 5.74) is 1.69. The number of nitrogens with zero attached hydrogens (tertiary/aromatic N) is 3. The molecule has 1 aromatic carbocycles. The van der Waals surface area contributed by atoms with Crippen molar-refractivity contribution in [2.24, 2.45) is 5.92 Å². The number of carbonyl (C=O) groups excluding carboxylic acids is 1. The van der Waals surface area contributed by atoms with E-state index in [1.54, 1.807) is 18.3 Å². The third-order valence-corrected chi connectivity index (χ3v) is 5.30. The molecule has 1 atom stereocenters. The molecule has 0 aliphatic carbocycles. The lowest BCUT2D eigenvalue weighted by atomic mass is 9.95. The van der Waals surface area contributed by atoms with Crippen LogP contribution in [0.2, 0.25) is 0 Å². The summed E-state index contributed by atoms with van der Waals surface area (Å²) in [6.07, 6.45) is 4.12. The summed E-state index contributed by atoms with van der Waals surface area (Å²) in [5, 5.41) is 12.4. The van der Waals surface area contributed by atoms with Crippen molar-refractivity contribution >= 4 is 11.7 Å². The molecule has 6 heteroatoms. The molecule has 1 N–H and O–H groups in total. The number of hydrogen-bond donors (Lipinski definition) is 1. The fraction of sp³-hybridized carbons (Fsp3) is 0.381. The van der Waals surface area contributed by atoms with Crippen LogP contribution in [0.3, 0.4) is 0 Å². The predicted molar refractivity (Wildman–Crippen MR) is 101 cm³/mol. The highest BCUT2D eigenvalue weighted by atomic mass is 16.5. The standard InChI is InChI=1S/C21H22N4O2/c22-13-16-5-3-9-23-20(16)25-10-7-18(8-11-25)24-21(26)17-12-15-4-1-2-6-19(15)27-14-17/h1-6,9,17-18H,7-8,10-12,14H2,(H,24,26)/t17-/m0/s1. The number of hydrogen-bond acceptors (Lipinski definition) is 5. The minimum absolute atomic E-state index is 0.0681. The predicted octanol–water partition coefficient (Wildman–Crippen LogP) is 2.29. The second-order valence-electron chi connectivity index (χ2n) is 7.08. The number of amides is 1. The van der Waals surface area contributed by atoms with Crippen LogP contribution in [-0.4, -0.2) is 36.6 Å². The van der Waals surface area contributed by atoms with E-state index in [1.807, 2.05) is 24.3 Å². The van der Waals surface area contributed by atoms with Gasteiger partial charge in [0.15, 0.2) is 0 Å². The number of aromatic nitrogens is 1. The van der Waals surface area contributed by atoms with E-state index in [0.717, 1.165) is 49.5 Å². The van der Waals surface area contributed by atoms with E-state index >= 15 is 0 Å². The number of para-hydroxylation sites is 1. The number of benzene rings is 1. The van der Waals surface area contributed by atoms with Gasteiger partial charge < -0.3 is 15.0 Å². The van der Waals surface area contributed by atoms with Gasteiger partial charge in [0.1, 0.15) is 24.2 Å². The highest BCUT2D eigenvalue weighted by Gasteiger charge is 2.29. The Morgan fingerprint density at radius 2 is 2.04 bits per heavy atom. The third kappa shape index (κ3) is 3.72. The molecule has 0 spiro atoms. The summed E-state index contributed by atoms with van der Waals surface area (Å²) in [4.78, 5) is 19.1. The normalized spacial score (nSPS) is 19.5. The summed E-state index contributed by atoms with van der Waals surface area (Å²) >= 11 is 0. The lowest BCUT2D eigenvalue weighted by Gasteiger charge is -2.34. The van der Waals surface area contributed by atoms with E-state index in [2.05, 4.69) is 21.3 Å². The van der Waals surface area contributed by atoms with E-state index in [9.17, 15) is 10.1 Å². The maximum absolute atomic E-state index is 12.7.